The number of aromatic amines is 1. The molecule has 2 aromatic carbocycles. The molecule has 1 N–H and O–H groups in total. The second kappa shape index (κ2) is 6.25. The van der Waals surface area contributed by atoms with E-state index in [0.29, 0.717) is 13.2 Å². The van der Waals surface area contributed by atoms with Crippen molar-refractivity contribution in [1.29, 1.82) is 0 Å². The Morgan fingerprint density at radius 3 is 2.86 bits per heavy atom. The summed E-state index contributed by atoms with van der Waals surface area (Å²) in [6.45, 7) is 3.05. The molecule has 0 saturated heterocycles. The molecule has 0 fully saturated rings. The predicted octanol–water partition coefficient (Wildman–Crippen LogP) is 3.44. The average molecular weight is 276 g/mol. The fourth-order valence-electron chi connectivity index (χ4n) is 2.20. The molecular formula is C18H16N2O. The summed E-state index contributed by atoms with van der Waals surface area (Å²) in [6.07, 6.45) is 1.81. The Morgan fingerprint density at radius 1 is 1.14 bits per heavy atom. The van der Waals surface area contributed by atoms with Gasteiger partial charge in [-0.1, -0.05) is 54.3 Å². The smallest absolute Gasteiger partial charge is 0.108 e. The van der Waals surface area contributed by atoms with Crippen molar-refractivity contribution in [2.24, 2.45) is 0 Å². The molecule has 3 heteroatoms. The van der Waals surface area contributed by atoms with Crippen LogP contribution in [0, 0.1) is 18.8 Å². The Bertz CT molecular complexity index is 794. The first-order chi connectivity index (χ1) is 10.3. The van der Waals surface area contributed by atoms with E-state index in [0.717, 1.165) is 27.6 Å². The minimum atomic E-state index is 0.416. The van der Waals surface area contributed by atoms with E-state index in [-0.39, 0.29) is 0 Å². The molecule has 0 bridgehead atoms. The van der Waals surface area contributed by atoms with Gasteiger partial charge in [-0.2, -0.15) is 5.10 Å². The van der Waals surface area contributed by atoms with Gasteiger partial charge in [0.2, 0.25) is 0 Å². The number of fused-ring (bicyclic) bond motifs is 1. The van der Waals surface area contributed by atoms with Gasteiger partial charge in [-0.25, -0.2) is 0 Å². The third kappa shape index (κ3) is 3.13. The maximum Gasteiger partial charge on any atom is 0.108 e. The minimum Gasteiger partial charge on any atom is -0.364 e. The number of H-pyrrole nitrogens is 1. The highest BCUT2D eigenvalue weighted by atomic mass is 16.5. The third-order valence-corrected chi connectivity index (χ3v) is 3.33. The summed E-state index contributed by atoms with van der Waals surface area (Å²) in [7, 11) is 0. The van der Waals surface area contributed by atoms with Crippen LogP contribution in [0.4, 0.5) is 0 Å². The van der Waals surface area contributed by atoms with Crippen molar-refractivity contribution in [2.75, 3.05) is 6.61 Å². The lowest BCUT2D eigenvalue weighted by Crippen LogP contribution is -1.93. The highest BCUT2D eigenvalue weighted by molar-refractivity contribution is 5.85. The summed E-state index contributed by atoms with van der Waals surface area (Å²) in [5.41, 5.74) is 4.28. The maximum absolute atomic E-state index is 5.58. The molecule has 21 heavy (non-hydrogen) atoms. The highest BCUT2D eigenvalue weighted by Gasteiger charge is 2.03. The van der Waals surface area contributed by atoms with Crippen molar-refractivity contribution in [2.45, 2.75) is 13.5 Å². The molecule has 3 nitrogen and oxygen atoms in total. The number of benzene rings is 2. The van der Waals surface area contributed by atoms with E-state index in [4.69, 9.17) is 4.74 Å². The monoisotopic (exact) mass is 276 g/mol. The molecule has 0 amide bonds. The van der Waals surface area contributed by atoms with Crippen molar-refractivity contribution >= 4 is 10.9 Å². The summed E-state index contributed by atoms with van der Waals surface area (Å²) >= 11 is 0. The number of ether oxygens (including phenoxy) is 1. The minimum absolute atomic E-state index is 0.416. The normalized spacial score (nSPS) is 10.3. The van der Waals surface area contributed by atoms with E-state index in [1.54, 1.807) is 0 Å². The summed E-state index contributed by atoms with van der Waals surface area (Å²) in [5.74, 6) is 6.26. The number of hydrogen-bond acceptors (Lipinski definition) is 2. The molecule has 0 atom stereocenters. The molecule has 0 spiro atoms. The number of nitrogens with zero attached hydrogens (tertiary/aromatic N) is 1. The first-order valence-electron chi connectivity index (χ1n) is 6.88. The van der Waals surface area contributed by atoms with Gasteiger partial charge in [0.05, 0.1) is 23.9 Å². The SMILES string of the molecule is Cc1ccc2cn[nH]c2c1C#CCOCc1ccccc1. The molecule has 0 aliphatic carbocycles. The van der Waals surface area contributed by atoms with Crippen molar-refractivity contribution in [1.82, 2.24) is 10.2 Å². The topological polar surface area (TPSA) is 37.9 Å². The molecule has 0 aliphatic heterocycles. The molecule has 3 rings (SSSR count). The molecule has 3 aromatic rings. The van der Waals surface area contributed by atoms with E-state index < -0.39 is 0 Å². The summed E-state index contributed by atoms with van der Waals surface area (Å²) in [6, 6.07) is 14.2. The number of rotatable bonds is 3. The zero-order valence-corrected chi connectivity index (χ0v) is 11.9. The molecule has 1 aromatic heterocycles. The van der Waals surface area contributed by atoms with Gasteiger partial charge in [0.1, 0.15) is 6.61 Å². The largest absolute Gasteiger partial charge is 0.364 e. The lowest BCUT2D eigenvalue weighted by Gasteiger charge is -2.00. The van der Waals surface area contributed by atoms with Gasteiger partial charge in [-0.05, 0) is 18.1 Å². The number of nitrogens with one attached hydrogen (secondary N) is 1. The molecule has 104 valence electrons. The van der Waals surface area contributed by atoms with E-state index in [1.165, 1.54) is 0 Å². The van der Waals surface area contributed by atoms with E-state index in [2.05, 4.69) is 35.0 Å². The van der Waals surface area contributed by atoms with E-state index >= 15 is 0 Å². The van der Waals surface area contributed by atoms with Crippen LogP contribution in [0.5, 0.6) is 0 Å². The van der Waals surface area contributed by atoms with Crippen molar-refractivity contribution < 1.29 is 4.74 Å². The quantitative estimate of drug-likeness (QED) is 0.588. The van der Waals surface area contributed by atoms with Crippen LogP contribution in [-0.2, 0) is 11.3 Å². The van der Waals surface area contributed by atoms with Gasteiger partial charge in [-0.3, -0.25) is 5.10 Å². The van der Waals surface area contributed by atoms with Gasteiger partial charge in [0.25, 0.3) is 0 Å². The number of aromatic nitrogens is 2. The summed E-state index contributed by atoms with van der Waals surface area (Å²) in [5, 5.41) is 8.14. The molecule has 0 saturated carbocycles. The summed E-state index contributed by atoms with van der Waals surface area (Å²) in [4.78, 5) is 0. The predicted molar refractivity (Wildman–Crippen MR) is 83.8 cm³/mol. The first kappa shape index (κ1) is 13.4. The van der Waals surface area contributed by atoms with Crippen LogP contribution in [0.1, 0.15) is 16.7 Å². The fraction of sp³-hybridized carbons (Fsp3) is 0.167. The zero-order chi connectivity index (χ0) is 14.5. The zero-order valence-electron chi connectivity index (χ0n) is 11.9. The second-order valence-corrected chi connectivity index (χ2v) is 4.87. The van der Waals surface area contributed by atoms with E-state index in [9.17, 15) is 0 Å². The molecule has 0 radical (unpaired) electrons. The second-order valence-electron chi connectivity index (χ2n) is 4.87. The van der Waals surface area contributed by atoms with Gasteiger partial charge in [-0.15, -0.1) is 0 Å². The van der Waals surface area contributed by atoms with Crippen LogP contribution in [0.15, 0.2) is 48.7 Å². The van der Waals surface area contributed by atoms with Crippen molar-refractivity contribution in [3.8, 4) is 11.8 Å². The molecule has 0 aliphatic rings. The Kier molecular flexibility index (Phi) is 3.99. The molecule has 1 heterocycles. The Morgan fingerprint density at radius 2 is 2.00 bits per heavy atom. The standard InChI is InChI=1S/C18H16N2O/c1-14-9-10-16-12-19-20-18(16)17(14)8-5-11-21-13-15-6-3-2-4-7-15/h2-4,6-7,9-10,12H,11,13H2,1H3,(H,19,20). The van der Waals surface area contributed by atoms with Gasteiger partial charge in [0, 0.05) is 5.39 Å². The maximum atomic E-state index is 5.58. The van der Waals surface area contributed by atoms with Gasteiger partial charge < -0.3 is 4.74 Å². The summed E-state index contributed by atoms with van der Waals surface area (Å²) < 4.78 is 5.58. The lowest BCUT2D eigenvalue weighted by molar-refractivity contribution is 0.153. The van der Waals surface area contributed by atoms with Gasteiger partial charge >= 0.3 is 0 Å². The number of aryl methyl sites for hydroxylation is 1. The van der Waals surface area contributed by atoms with Crippen LogP contribution >= 0.6 is 0 Å². The van der Waals surface area contributed by atoms with Crippen molar-refractivity contribution in [3.63, 3.8) is 0 Å². The lowest BCUT2D eigenvalue weighted by atomic mass is 10.1. The first-order valence-corrected chi connectivity index (χ1v) is 6.88. The average Bonchev–Trinajstić information content (AvgIpc) is 2.98. The van der Waals surface area contributed by atoms with Gasteiger partial charge in [0.15, 0.2) is 0 Å². The van der Waals surface area contributed by atoms with Crippen LogP contribution < -0.4 is 0 Å². The van der Waals surface area contributed by atoms with Crippen LogP contribution in [0.3, 0.4) is 0 Å². The Labute approximate surface area is 124 Å². The Hall–Kier alpha value is -2.57. The van der Waals surface area contributed by atoms with Crippen LogP contribution in [0.2, 0.25) is 0 Å². The van der Waals surface area contributed by atoms with Crippen LogP contribution in [0.25, 0.3) is 10.9 Å². The molecule has 0 unspecified atom stereocenters. The third-order valence-electron chi connectivity index (χ3n) is 3.33. The fourth-order valence-corrected chi connectivity index (χ4v) is 2.20. The van der Waals surface area contributed by atoms with Crippen LogP contribution in [-0.4, -0.2) is 16.8 Å². The van der Waals surface area contributed by atoms with E-state index in [1.807, 2.05) is 42.6 Å². The highest BCUT2D eigenvalue weighted by Crippen LogP contribution is 2.18. The molecular weight excluding hydrogens is 260 g/mol. The number of hydrogen-bond donors (Lipinski definition) is 1. The van der Waals surface area contributed by atoms with Crippen molar-refractivity contribution in [3.05, 3.63) is 65.4 Å². The Balaban J connectivity index is 1.66.